The van der Waals surface area contributed by atoms with E-state index in [1.807, 2.05) is 0 Å². The van der Waals surface area contributed by atoms with E-state index in [1.165, 1.54) is 0 Å². The summed E-state index contributed by atoms with van der Waals surface area (Å²) in [4.78, 5) is 0. The molecule has 9 heteroatoms. The zero-order chi connectivity index (χ0) is 15.0. The van der Waals surface area contributed by atoms with Crippen molar-refractivity contribution in [3.63, 3.8) is 0 Å². The molecule has 108 valence electrons. The molecular weight excluding hydrogens is 288 g/mol. The second-order valence-corrected chi connectivity index (χ2v) is 3.56. The first-order valence-electron chi connectivity index (χ1n) is 4.75. The molecule has 0 saturated carbocycles. The molecule has 0 fully saturated rings. The predicted molar refractivity (Wildman–Crippen MR) is 47.0 cm³/mol. The molecule has 0 aliphatic rings. The van der Waals surface area contributed by atoms with Crippen LogP contribution in [0, 0.1) is 23.3 Å². The van der Waals surface area contributed by atoms with Gasteiger partial charge >= 0.3 is 6.18 Å². The number of alkyl halides is 4. The highest BCUT2D eigenvalue weighted by Crippen LogP contribution is 2.39. The van der Waals surface area contributed by atoms with Gasteiger partial charge in [0.1, 0.15) is 12.6 Å². The van der Waals surface area contributed by atoms with Crippen LogP contribution in [0.5, 0.6) is 0 Å². The molecule has 0 amide bonds. The third kappa shape index (κ3) is 2.65. The Morgan fingerprint density at radius 2 is 1.32 bits per heavy atom. The lowest BCUT2D eigenvalue weighted by Crippen LogP contribution is -2.27. The van der Waals surface area contributed by atoms with E-state index in [2.05, 4.69) is 0 Å². The average molecular weight is 294 g/mol. The minimum atomic E-state index is -5.33. The molecule has 0 heterocycles. The van der Waals surface area contributed by atoms with Crippen LogP contribution < -0.4 is 0 Å². The summed E-state index contributed by atoms with van der Waals surface area (Å²) in [6.07, 6.45) is -5.33. The Morgan fingerprint density at radius 1 is 0.895 bits per heavy atom. The normalized spacial score (nSPS) is 13.7. The van der Waals surface area contributed by atoms with E-state index in [1.54, 1.807) is 0 Å². The maximum absolute atomic E-state index is 13.3. The maximum Gasteiger partial charge on any atom is 0.398 e. The fourth-order valence-electron chi connectivity index (χ4n) is 1.48. The van der Waals surface area contributed by atoms with Crippen LogP contribution >= 0.6 is 0 Å². The van der Waals surface area contributed by atoms with Gasteiger partial charge in [0.2, 0.25) is 0 Å². The molecule has 1 atom stereocenters. The van der Waals surface area contributed by atoms with Crippen LogP contribution in [-0.4, -0.2) is 17.9 Å². The lowest BCUT2D eigenvalue weighted by atomic mass is 9.96. The number of rotatable bonds is 3. The molecule has 1 nitrogen and oxygen atoms in total. The lowest BCUT2D eigenvalue weighted by molar-refractivity contribution is -0.159. The Morgan fingerprint density at radius 3 is 1.58 bits per heavy atom. The fourth-order valence-corrected chi connectivity index (χ4v) is 1.48. The number of aliphatic hydroxyl groups excluding tert-OH is 1. The topological polar surface area (TPSA) is 20.2 Å². The van der Waals surface area contributed by atoms with Crippen LogP contribution in [-0.2, 0) is 6.67 Å². The zero-order valence-electron chi connectivity index (χ0n) is 8.96. The van der Waals surface area contributed by atoms with Crippen molar-refractivity contribution in [1.29, 1.82) is 0 Å². The molecule has 1 aromatic carbocycles. The van der Waals surface area contributed by atoms with Gasteiger partial charge in [-0.2, -0.15) is 13.2 Å². The van der Waals surface area contributed by atoms with Crippen LogP contribution in [0.25, 0.3) is 0 Å². The minimum Gasteiger partial charge on any atom is -0.395 e. The summed E-state index contributed by atoms with van der Waals surface area (Å²) >= 11 is 0. The zero-order valence-corrected chi connectivity index (χ0v) is 8.96. The van der Waals surface area contributed by atoms with Gasteiger partial charge in [-0.05, 0) is 0 Å². The van der Waals surface area contributed by atoms with Crippen LogP contribution in [0.2, 0.25) is 0 Å². The van der Waals surface area contributed by atoms with Crippen molar-refractivity contribution in [3.8, 4) is 0 Å². The van der Waals surface area contributed by atoms with Gasteiger partial charge in [0.15, 0.2) is 23.3 Å². The van der Waals surface area contributed by atoms with Gasteiger partial charge in [-0.1, -0.05) is 0 Å². The van der Waals surface area contributed by atoms with Gasteiger partial charge in [-0.15, -0.1) is 0 Å². The van der Waals surface area contributed by atoms with Crippen molar-refractivity contribution in [3.05, 3.63) is 34.4 Å². The molecule has 1 aromatic rings. The molecule has 1 unspecified atom stereocenters. The molecule has 0 aromatic heterocycles. The summed E-state index contributed by atoms with van der Waals surface area (Å²) in [5, 5.41) is 8.50. The Kier molecular flexibility index (Phi) is 4.39. The molecule has 0 saturated heterocycles. The maximum atomic E-state index is 13.3. The second kappa shape index (κ2) is 5.32. The first kappa shape index (κ1) is 15.7. The SMILES string of the molecule is OCC(c1c(F)c(F)c(CF)c(F)c1F)C(F)(F)F. The summed E-state index contributed by atoms with van der Waals surface area (Å²) in [5.74, 6) is -12.4. The number of hydrogen-bond donors (Lipinski definition) is 1. The van der Waals surface area contributed by atoms with E-state index in [-0.39, 0.29) is 0 Å². The first-order chi connectivity index (χ1) is 8.66. The first-order valence-corrected chi connectivity index (χ1v) is 4.75. The monoisotopic (exact) mass is 294 g/mol. The quantitative estimate of drug-likeness (QED) is 0.669. The molecular formula is C10H6F8O. The molecule has 0 aliphatic carbocycles. The van der Waals surface area contributed by atoms with Crippen LogP contribution in [0.15, 0.2) is 0 Å². The highest BCUT2D eigenvalue weighted by molar-refractivity contribution is 5.33. The third-order valence-electron chi connectivity index (χ3n) is 2.45. The highest BCUT2D eigenvalue weighted by atomic mass is 19.4. The summed E-state index contributed by atoms with van der Waals surface area (Å²) in [7, 11) is 0. The predicted octanol–water partition coefficient (Wildman–Crippen LogP) is 3.35. The fraction of sp³-hybridized carbons (Fsp3) is 0.400. The standard InChI is InChI=1S/C10H6F8O/c11-1-3-6(12)8(14)5(9(15)7(3)13)4(2-19)10(16,17)18/h4,19H,1-2H2. The van der Waals surface area contributed by atoms with Gasteiger partial charge in [0.25, 0.3) is 0 Å². The lowest BCUT2D eigenvalue weighted by Gasteiger charge is -2.20. The molecule has 0 spiro atoms. The second-order valence-electron chi connectivity index (χ2n) is 3.56. The van der Waals surface area contributed by atoms with Gasteiger partial charge in [0, 0.05) is 5.56 Å². The minimum absolute atomic E-state index is 1.64. The van der Waals surface area contributed by atoms with Crippen LogP contribution in [0.4, 0.5) is 35.1 Å². The van der Waals surface area contributed by atoms with Crippen LogP contribution in [0.1, 0.15) is 17.0 Å². The largest absolute Gasteiger partial charge is 0.398 e. The molecule has 1 rings (SSSR count). The van der Waals surface area contributed by atoms with Gasteiger partial charge in [0.05, 0.1) is 12.2 Å². The van der Waals surface area contributed by atoms with E-state index in [0.717, 1.165) is 0 Å². The summed E-state index contributed by atoms with van der Waals surface area (Å²) in [6, 6.07) is 0. The molecule has 0 bridgehead atoms. The Hall–Kier alpha value is -1.38. The molecule has 1 N–H and O–H groups in total. The van der Waals surface area contributed by atoms with E-state index in [0.29, 0.717) is 0 Å². The van der Waals surface area contributed by atoms with Crippen molar-refractivity contribution >= 4 is 0 Å². The van der Waals surface area contributed by atoms with E-state index in [4.69, 9.17) is 5.11 Å². The third-order valence-corrected chi connectivity index (χ3v) is 2.45. The van der Waals surface area contributed by atoms with Crippen molar-refractivity contribution in [2.24, 2.45) is 0 Å². The van der Waals surface area contributed by atoms with E-state index >= 15 is 0 Å². The number of aliphatic hydroxyl groups is 1. The average Bonchev–Trinajstić information content (AvgIpc) is 2.31. The number of benzene rings is 1. The smallest absolute Gasteiger partial charge is 0.395 e. The van der Waals surface area contributed by atoms with Crippen molar-refractivity contribution in [2.75, 3.05) is 6.61 Å². The van der Waals surface area contributed by atoms with Gasteiger partial charge in [-0.3, -0.25) is 0 Å². The summed E-state index contributed by atoms with van der Waals surface area (Å²) in [5.41, 5.74) is -3.65. The van der Waals surface area contributed by atoms with Crippen molar-refractivity contribution in [1.82, 2.24) is 0 Å². The highest BCUT2D eigenvalue weighted by Gasteiger charge is 2.45. The van der Waals surface area contributed by atoms with Crippen molar-refractivity contribution < 1.29 is 40.2 Å². The Balaban J connectivity index is 3.61. The van der Waals surface area contributed by atoms with Gasteiger partial charge in [-0.25, -0.2) is 22.0 Å². The van der Waals surface area contributed by atoms with Crippen molar-refractivity contribution in [2.45, 2.75) is 18.8 Å². The Bertz CT molecular complexity index is 452. The van der Waals surface area contributed by atoms with E-state index in [9.17, 15) is 35.1 Å². The van der Waals surface area contributed by atoms with E-state index < -0.39 is 59.8 Å². The molecule has 0 radical (unpaired) electrons. The molecule has 0 aliphatic heterocycles. The number of halogens is 8. The number of hydrogen-bond acceptors (Lipinski definition) is 1. The summed E-state index contributed by atoms with van der Waals surface area (Å²) < 4.78 is 102. The van der Waals surface area contributed by atoms with Crippen LogP contribution in [0.3, 0.4) is 0 Å². The summed E-state index contributed by atoms with van der Waals surface area (Å²) in [6.45, 7) is -3.74. The van der Waals surface area contributed by atoms with Gasteiger partial charge < -0.3 is 5.11 Å². The molecule has 19 heavy (non-hydrogen) atoms. The Labute approximate surface area is 101 Å².